The number of carbonyl (C=O) groups excluding carboxylic acids is 2. The van der Waals surface area contributed by atoms with Gasteiger partial charge in [-0.05, 0) is 43.2 Å². The van der Waals surface area contributed by atoms with E-state index in [1.165, 1.54) is 17.0 Å². The number of aryl methyl sites for hydroxylation is 2. The first-order chi connectivity index (χ1) is 11.2. The van der Waals surface area contributed by atoms with Gasteiger partial charge < -0.3 is 4.90 Å². The van der Waals surface area contributed by atoms with Crippen LogP contribution in [0, 0.1) is 13.8 Å². The van der Waals surface area contributed by atoms with Crippen LogP contribution in [-0.4, -0.2) is 54.2 Å². The molecule has 0 radical (unpaired) electrons. The molecule has 8 heteroatoms. The topological polar surface area (TPSA) is 91.8 Å². The van der Waals surface area contributed by atoms with Crippen LogP contribution in [-0.2, 0) is 21.5 Å². The molecule has 1 heterocycles. The number of rotatable bonds is 3. The molecule has 25 heavy (non-hydrogen) atoms. The Morgan fingerprint density at radius 1 is 1.04 bits per heavy atom. The van der Waals surface area contributed by atoms with Crippen LogP contribution in [0.15, 0.2) is 41.3 Å². The van der Waals surface area contributed by atoms with Crippen molar-refractivity contribution in [1.82, 2.24) is 0 Å². The Morgan fingerprint density at radius 2 is 1.72 bits per heavy atom. The van der Waals surface area contributed by atoms with E-state index in [0.717, 1.165) is 22.8 Å². The summed E-state index contributed by atoms with van der Waals surface area (Å²) in [5.41, 5.74) is 3.26. The average Bonchev–Trinajstić information content (AvgIpc) is 2.75. The SMILES string of the molecule is Cc1ccc(C)c(CN2C(=O)C(=O)c3cc(S(=O)(=O)O)ccc32)c1.[NaH]. The molecule has 3 rings (SSSR count). The molecule has 0 aromatic heterocycles. The Hall–Kier alpha value is -1.51. The van der Waals surface area contributed by atoms with Gasteiger partial charge >= 0.3 is 29.6 Å². The van der Waals surface area contributed by atoms with Gasteiger partial charge in [0.25, 0.3) is 21.8 Å². The first kappa shape index (κ1) is 19.8. The summed E-state index contributed by atoms with van der Waals surface area (Å²) in [6, 6.07) is 9.42. The second-order valence-corrected chi connectivity index (χ2v) is 7.23. The van der Waals surface area contributed by atoms with Crippen molar-refractivity contribution >= 4 is 57.1 Å². The Labute approximate surface area is 167 Å². The Morgan fingerprint density at radius 3 is 2.36 bits per heavy atom. The van der Waals surface area contributed by atoms with E-state index in [-0.39, 0.29) is 41.7 Å². The van der Waals surface area contributed by atoms with E-state index >= 15 is 0 Å². The van der Waals surface area contributed by atoms with Crippen LogP contribution in [0.4, 0.5) is 5.69 Å². The van der Waals surface area contributed by atoms with Crippen molar-refractivity contribution in [3.05, 3.63) is 58.7 Å². The van der Waals surface area contributed by atoms with Crippen LogP contribution < -0.4 is 4.90 Å². The Kier molecular flexibility index (Phi) is 5.56. The van der Waals surface area contributed by atoms with Crippen molar-refractivity contribution in [3.8, 4) is 0 Å². The monoisotopic (exact) mass is 369 g/mol. The Bertz CT molecular complexity index is 985. The molecule has 0 unspecified atom stereocenters. The number of fused-ring (bicyclic) bond motifs is 1. The number of amides is 1. The molecule has 1 aliphatic rings. The molecule has 2 aromatic rings. The van der Waals surface area contributed by atoms with E-state index in [0.29, 0.717) is 5.69 Å². The molecule has 0 aliphatic carbocycles. The van der Waals surface area contributed by atoms with Crippen LogP contribution in [0.1, 0.15) is 27.0 Å². The second kappa shape index (κ2) is 7.01. The Balaban J connectivity index is 0.00000225. The maximum atomic E-state index is 12.3. The zero-order chi connectivity index (χ0) is 17.6. The van der Waals surface area contributed by atoms with E-state index in [4.69, 9.17) is 4.55 Å². The summed E-state index contributed by atoms with van der Waals surface area (Å²) < 4.78 is 31.5. The zero-order valence-corrected chi connectivity index (χ0v) is 13.9. The van der Waals surface area contributed by atoms with Gasteiger partial charge in [-0.2, -0.15) is 8.42 Å². The normalized spacial score (nSPS) is 13.6. The first-order valence-corrected chi connectivity index (χ1v) is 8.66. The summed E-state index contributed by atoms with van der Waals surface area (Å²) >= 11 is 0. The summed E-state index contributed by atoms with van der Waals surface area (Å²) in [6.07, 6.45) is 0. The fourth-order valence-electron chi connectivity index (χ4n) is 2.74. The van der Waals surface area contributed by atoms with Crippen molar-refractivity contribution < 1.29 is 22.6 Å². The van der Waals surface area contributed by atoms with E-state index in [2.05, 4.69) is 0 Å². The van der Waals surface area contributed by atoms with Crippen molar-refractivity contribution in [2.24, 2.45) is 0 Å². The number of benzene rings is 2. The van der Waals surface area contributed by atoms with Crippen LogP contribution in [0.25, 0.3) is 0 Å². The first-order valence-electron chi connectivity index (χ1n) is 7.22. The van der Waals surface area contributed by atoms with Crippen molar-refractivity contribution in [2.75, 3.05) is 4.90 Å². The average molecular weight is 369 g/mol. The van der Waals surface area contributed by atoms with Gasteiger partial charge in [-0.25, -0.2) is 0 Å². The summed E-state index contributed by atoms with van der Waals surface area (Å²) in [5, 5.41) is 0. The minimum atomic E-state index is -4.44. The van der Waals surface area contributed by atoms with E-state index in [1.54, 1.807) is 0 Å². The summed E-state index contributed by atoms with van der Waals surface area (Å²) in [4.78, 5) is 25.4. The number of nitrogens with zero attached hydrogens (tertiary/aromatic N) is 1. The molecule has 0 saturated heterocycles. The molecule has 1 aliphatic heterocycles. The summed E-state index contributed by atoms with van der Waals surface area (Å²) in [6.45, 7) is 4.07. The minimum absolute atomic E-state index is 0. The van der Waals surface area contributed by atoms with E-state index in [1.807, 2.05) is 32.0 Å². The number of hydrogen-bond donors (Lipinski definition) is 1. The molecule has 0 atom stereocenters. The van der Waals surface area contributed by atoms with Crippen molar-refractivity contribution in [2.45, 2.75) is 25.3 Å². The third-order valence-corrected chi connectivity index (χ3v) is 4.92. The molecule has 0 spiro atoms. The predicted octanol–water partition coefficient (Wildman–Crippen LogP) is 1.63. The fourth-order valence-corrected chi connectivity index (χ4v) is 3.24. The van der Waals surface area contributed by atoms with Crippen LogP contribution >= 0.6 is 0 Å². The van der Waals surface area contributed by atoms with Crippen molar-refractivity contribution in [3.63, 3.8) is 0 Å². The van der Waals surface area contributed by atoms with Gasteiger partial charge in [-0.1, -0.05) is 23.8 Å². The number of carbonyl (C=O) groups is 2. The van der Waals surface area contributed by atoms with Crippen molar-refractivity contribution in [1.29, 1.82) is 0 Å². The molecule has 0 saturated carbocycles. The molecule has 6 nitrogen and oxygen atoms in total. The standard InChI is InChI=1S/C17H15NO5S.Na.H/c1-10-3-4-11(2)12(7-10)9-18-15-6-5-13(24(21,22)23)8-14(15)16(19)17(18)20;;/h3-8H,9H2,1-2H3,(H,21,22,23);;. The predicted molar refractivity (Wildman–Crippen MR) is 94.8 cm³/mol. The summed E-state index contributed by atoms with van der Waals surface area (Å²) in [7, 11) is -4.44. The van der Waals surface area contributed by atoms with Crippen LogP contribution in [0.5, 0.6) is 0 Å². The molecule has 0 bridgehead atoms. The van der Waals surface area contributed by atoms with Gasteiger partial charge in [0.15, 0.2) is 0 Å². The van der Waals surface area contributed by atoms with Crippen LogP contribution in [0.3, 0.4) is 0 Å². The molecule has 126 valence electrons. The van der Waals surface area contributed by atoms with E-state index in [9.17, 15) is 18.0 Å². The van der Waals surface area contributed by atoms with E-state index < -0.39 is 26.7 Å². The fraction of sp³-hybridized carbons (Fsp3) is 0.176. The maximum absolute atomic E-state index is 12.3. The van der Waals surface area contributed by atoms with Gasteiger partial charge in [0.2, 0.25) is 0 Å². The molecule has 2 aromatic carbocycles. The van der Waals surface area contributed by atoms with Crippen LogP contribution in [0.2, 0.25) is 0 Å². The third-order valence-electron chi connectivity index (χ3n) is 4.07. The number of anilines is 1. The molecular formula is C17H16NNaO5S. The molecule has 1 amide bonds. The van der Waals surface area contributed by atoms with Gasteiger partial charge in [0.1, 0.15) is 0 Å². The quantitative estimate of drug-likeness (QED) is 0.504. The summed E-state index contributed by atoms with van der Waals surface area (Å²) in [5.74, 6) is -1.49. The number of Topliss-reactive ketones (excluding diaryl/α,β-unsaturated/α-hetero) is 1. The molecule has 0 fully saturated rings. The van der Waals surface area contributed by atoms with Gasteiger partial charge in [-0.3, -0.25) is 14.1 Å². The molecule has 1 N–H and O–H groups in total. The van der Waals surface area contributed by atoms with Gasteiger partial charge in [0, 0.05) is 0 Å². The van der Waals surface area contributed by atoms with Gasteiger partial charge in [0.05, 0.1) is 22.7 Å². The number of ketones is 1. The second-order valence-electron chi connectivity index (χ2n) is 5.80. The molecular weight excluding hydrogens is 353 g/mol. The number of hydrogen-bond acceptors (Lipinski definition) is 4. The third kappa shape index (κ3) is 3.70. The van der Waals surface area contributed by atoms with Gasteiger partial charge in [-0.15, -0.1) is 0 Å². The zero-order valence-electron chi connectivity index (χ0n) is 13.1.